The van der Waals surface area contributed by atoms with Gasteiger partial charge in [-0.25, -0.2) is 4.57 Å². The van der Waals surface area contributed by atoms with Gasteiger partial charge >= 0.3 is 37.6 Å². The van der Waals surface area contributed by atoms with Crippen molar-refractivity contribution in [3.05, 3.63) is 0 Å². The Labute approximate surface area is 436 Å². The fraction of sp³-hybridized carbons (Fsp3) is 0.907. The van der Waals surface area contributed by atoms with Crippen LogP contribution in [0.2, 0.25) is 0 Å². The zero-order valence-corrected chi connectivity index (χ0v) is 45.9. The van der Waals surface area contributed by atoms with Crippen LogP contribution in [0.3, 0.4) is 0 Å². The number of hydrogen-bond acceptors (Lipinski definition) is 12. The lowest BCUT2D eigenvalue weighted by molar-refractivity contribution is -0.265. The van der Waals surface area contributed by atoms with E-state index in [1.165, 1.54) is 57.8 Å². The van der Waals surface area contributed by atoms with Crippen LogP contribution in [0.15, 0.2) is 0 Å². The second kappa shape index (κ2) is 42.4. The Morgan fingerprint density at radius 3 is 1.47 bits per heavy atom. The van der Waals surface area contributed by atoms with Crippen molar-refractivity contribution in [2.45, 2.75) is 307 Å². The third-order valence-electron chi connectivity index (χ3n) is 13.4. The lowest BCUT2D eigenvalue weighted by Gasteiger charge is -2.45. The Balaban J connectivity index is 3.34. The first-order valence-electron chi connectivity index (χ1n) is 28.5. The van der Waals surface area contributed by atoms with Gasteiger partial charge in [0.05, 0.1) is 13.0 Å². The first-order chi connectivity index (χ1) is 35.0. The van der Waals surface area contributed by atoms with E-state index in [1.807, 2.05) is 0 Å². The molecule has 6 atom stereocenters. The van der Waals surface area contributed by atoms with Gasteiger partial charge in [0.2, 0.25) is 6.29 Å². The predicted octanol–water partition coefficient (Wildman–Crippen LogP) is 12.6. The Morgan fingerprint density at radius 2 is 1.00 bits per heavy atom. The molecular weight excluding hydrogens is 972 g/mol. The van der Waals surface area contributed by atoms with Gasteiger partial charge in [-0.1, -0.05) is 194 Å². The summed E-state index contributed by atoms with van der Waals surface area (Å²) in [7, 11) is -5.54. The summed E-state index contributed by atoms with van der Waals surface area (Å²) >= 11 is 0. The smallest absolute Gasteiger partial charge is 0.470 e. The van der Waals surface area contributed by atoms with E-state index in [9.17, 15) is 43.4 Å². The minimum Gasteiger partial charge on any atom is -0.481 e. The molecule has 0 aliphatic carbocycles. The topological polar surface area (TPSA) is 242 Å². The van der Waals surface area contributed by atoms with E-state index in [0.717, 1.165) is 103 Å². The fourth-order valence-corrected chi connectivity index (χ4v) is 9.69. The minimum absolute atomic E-state index is 0.0144. The van der Waals surface area contributed by atoms with Crippen LogP contribution in [0.1, 0.15) is 265 Å². The number of aliphatic carboxylic acids is 1. The number of alkyl halides is 2. The van der Waals surface area contributed by atoms with Crippen molar-refractivity contribution < 1.29 is 80.8 Å². The molecule has 0 aromatic rings. The first kappa shape index (κ1) is 68.3. The number of phosphoric ester groups is 1. The molecule has 0 unspecified atom stereocenters. The van der Waals surface area contributed by atoms with Crippen LogP contribution in [0.4, 0.5) is 8.78 Å². The molecule has 0 aromatic carbocycles. The summed E-state index contributed by atoms with van der Waals surface area (Å²) in [6.07, 6.45) is 18.8. The van der Waals surface area contributed by atoms with E-state index < -0.39 is 99.7 Å². The van der Waals surface area contributed by atoms with E-state index in [0.29, 0.717) is 25.7 Å². The average molecular weight is 1070 g/mol. The normalized spacial score (nSPS) is 18.5. The van der Waals surface area contributed by atoms with Crippen molar-refractivity contribution in [2.24, 2.45) is 0 Å². The first-order valence-corrected chi connectivity index (χ1v) is 30.0. The standard InChI is InChI=1S/C54H98F2NO15P/c1-4-7-10-13-16-19-21-23-26-29-32-38-46(61)68-43(36-31-28-25-22-18-15-12-9-6-3)41-48(63)70-51-49(57-53(64)54(55,56)40-35-30-27-24-20-17-14-11-8-5-2)52(71-47(62)39-34-33-37-45(59)60)69-44(42-58)50(51)72-73(65,66)67/h43-44,49-52,58H,4-42H2,1-3H3,(H,57,64)(H,59,60)(H2,65,66,67)/t43-,44-,49-,50-,51-,52-/m1/s1. The number of amides is 1. The van der Waals surface area contributed by atoms with Gasteiger partial charge in [0.25, 0.3) is 5.91 Å². The van der Waals surface area contributed by atoms with Gasteiger partial charge in [-0.3, -0.25) is 28.5 Å². The molecule has 5 N–H and O–H groups in total. The minimum atomic E-state index is -5.54. The highest BCUT2D eigenvalue weighted by Crippen LogP contribution is 2.42. The summed E-state index contributed by atoms with van der Waals surface area (Å²) in [6, 6.07) is -2.07. The molecule has 0 spiro atoms. The molecule has 0 radical (unpaired) electrons. The number of esters is 3. The number of carbonyl (C=O) groups excluding carboxylic acids is 4. The number of phosphoric acid groups is 1. The number of aliphatic hydroxyl groups excluding tert-OH is 1. The quantitative estimate of drug-likeness (QED) is 0.0165. The molecule has 1 amide bonds. The molecule has 1 aliphatic heterocycles. The summed E-state index contributed by atoms with van der Waals surface area (Å²) in [5.41, 5.74) is 0. The van der Waals surface area contributed by atoms with Crippen LogP contribution in [-0.2, 0) is 52.0 Å². The van der Waals surface area contributed by atoms with E-state index >= 15 is 8.78 Å². The summed E-state index contributed by atoms with van der Waals surface area (Å²) in [5.74, 6) is -9.68. The Hall–Kier alpha value is -2.76. The molecule has 0 saturated carbocycles. The SMILES string of the molecule is CCCCCCCCCCCCCC(=O)O[C@H](CCCCCCCCCCC)CC(=O)O[C@@H]1[C@@H](NC(=O)C(F)(F)CCCCCCCCCCCC)[C@@H](OC(=O)CCCCC(=O)O)O[C@H](CO)[C@H]1OP(=O)(O)O. The number of aliphatic hydroxyl groups is 1. The van der Waals surface area contributed by atoms with Crippen molar-refractivity contribution in [1.82, 2.24) is 5.32 Å². The van der Waals surface area contributed by atoms with E-state index in [-0.39, 0.29) is 44.9 Å². The number of carboxylic acids is 1. The summed E-state index contributed by atoms with van der Waals surface area (Å²) < 4.78 is 71.6. The Morgan fingerprint density at radius 1 is 0.575 bits per heavy atom. The molecule has 1 heterocycles. The van der Waals surface area contributed by atoms with Crippen LogP contribution in [-0.4, -0.2) is 99.1 Å². The molecule has 1 rings (SSSR count). The van der Waals surface area contributed by atoms with Crippen LogP contribution in [0.5, 0.6) is 0 Å². The number of unbranched alkanes of at least 4 members (excludes halogenated alkanes) is 28. The van der Waals surface area contributed by atoms with Gasteiger partial charge in [-0.15, -0.1) is 0 Å². The van der Waals surface area contributed by atoms with E-state index in [1.54, 1.807) is 0 Å². The van der Waals surface area contributed by atoms with Crippen molar-refractivity contribution >= 4 is 37.6 Å². The molecule has 16 nitrogen and oxygen atoms in total. The molecule has 1 aliphatic rings. The summed E-state index contributed by atoms with van der Waals surface area (Å²) in [5, 5.41) is 21.5. The van der Waals surface area contributed by atoms with Gasteiger partial charge in [0.15, 0.2) is 6.10 Å². The summed E-state index contributed by atoms with van der Waals surface area (Å²) in [6.45, 7) is 5.42. The number of carboxylic acid groups (broad SMARTS) is 1. The average Bonchev–Trinajstić information content (AvgIpc) is 3.33. The van der Waals surface area contributed by atoms with Crippen molar-refractivity contribution in [3.63, 3.8) is 0 Å². The van der Waals surface area contributed by atoms with E-state index in [4.69, 9.17) is 28.6 Å². The third kappa shape index (κ3) is 35.2. The zero-order chi connectivity index (χ0) is 54.2. The second-order valence-electron chi connectivity index (χ2n) is 20.2. The van der Waals surface area contributed by atoms with Crippen molar-refractivity contribution in [3.8, 4) is 0 Å². The number of carbonyl (C=O) groups is 5. The number of hydrogen-bond donors (Lipinski definition) is 5. The van der Waals surface area contributed by atoms with Gasteiger partial charge in [0, 0.05) is 25.7 Å². The lowest BCUT2D eigenvalue weighted by atomic mass is 9.95. The zero-order valence-electron chi connectivity index (χ0n) is 45.0. The Bertz CT molecular complexity index is 1520. The highest BCUT2D eigenvalue weighted by molar-refractivity contribution is 7.46. The van der Waals surface area contributed by atoms with Gasteiger partial charge in [-0.05, 0) is 38.5 Å². The number of nitrogens with one attached hydrogen (secondary N) is 1. The highest BCUT2D eigenvalue weighted by atomic mass is 31.2. The number of rotatable bonds is 48. The van der Waals surface area contributed by atoms with Gasteiger partial charge in [-0.2, -0.15) is 8.78 Å². The largest absolute Gasteiger partial charge is 0.481 e. The van der Waals surface area contributed by atoms with Crippen molar-refractivity contribution in [2.75, 3.05) is 6.61 Å². The van der Waals surface area contributed by atoms with Crippen LogP contribution < -0.4 is 5.32 Å². The van der Waals surface area contributed by atoms with Crippen LogP contribution in [0, 0.1) is 0 Å². The molecule has 1 fully saturated rings. The van der Waals surface area contributed by atoms with Crippen LogP contribution >= 0.6 is 7.82 Å². The van der Waals surface area contributed by atoms with Crippen molar-refractivity contribution in [1.29, 1.82) is 0 Å². The molecule has 1 saturated heterocycles. The lowest BCUT2D eigenvalue weighted by Crippen LogP contribution is -2.67. The molecule has 0 aromatic heterocycles. The van der Waals surface area contributed by atoms with Crippen LogP contribution in [0.25, 0.3) is 0 Å². The monoisotopic (exact) mass is 1070 g/mol. The molecule has 19 heteroatoms. The fourth-order valence-electron chi connectivity index (χ4n) is 9.12. The second-order valence-corrected chi connectivity index (χ2v) is 21.4. The summed E-state index contributed by atoms with van der Waals surface area (Å²) in [4.78, 5) is 84.9. The highest BCUT2D eigenvalue weighted by Gasteiger charge is 2.54. The maximum Gasteiger partial charge on any atom is 0.470 e. The van der Waals surface area contributed by atoms with E-state index in [2.05, 4.69) is 26.1 Å². The van der Waals surface area contributed by atoms with Gasteiger partial charge < -0.3 is 44.3 Å². The number of halogens is 2. The molecule has 428 valence electrons. The molecule has 73 heavy (non-hydrogen) atoms. The number of ether oxygens (including phenoxy) is 4. The maximum atomic E-state index is 15.7. The molecular formula is C54H98F2NO15P. The predicted molar refractivity (Wildman–Crippen MR) is 275 cm³/mol. The Kier molecular flexibility index (Phi) is 39.6. The maximum absolute atomic E-state index is 15.7. The molecule has 0 bridgehead atoms. The third-order valence-corrected chi connectivity index (χ3v) is 13.9. The van der Waals surface area contributed by atoms with Gasteiger partial charge in [0.1, 0.15) is 24.4 Å².